The Labute approximate surface area is 97.8 Å². The fourth-order valence-corrected chi connectivity index (χ4v) is 2.00. The highest BCUT2D eigenvalue weighted by atomic mass is 16.5. The molecule has 0 radical (unpaired) electrons. The van der Waals surface area contributed by atoms with Gasteiger partial charge in [0.15, 0.2) is 0 Å². The van der Waals surface area contributed by atoms with Crippen molar-refractivity contribution in [3.05, 3.63) is 0 Å². The first-order valence-corrected chi connectivity index (χ1v) is 6.18. The summed E-state index contributed by atoms with van der Waals surface area (Å²) >= 11 is 0. The molecule has 0 spiro atoms. The van der Waals surface area contributed by atoms with Gasteiger partial charge in [-0.25, -0.2) is 0 Å². The quantitative estimate of drug-likeness (QED) is 0.662. The van der Waals surface area contributed by atoms with E-state index in [-0.39, 0.29) is 6.61 Å². The van der Waals surface area contributed by atoms with Crippen LogP contribution in [0.1, 0.15) is 32.1 Å². The van der Waals surface area contributed by atoms with Crippen LogP contribution in [0.2, 0.25) is 0 Å². The zero-order chi connectivity index (χ0) is 11.6. The van der Waals surface area contributed by atoms with Gasteiger partial charge in [-0.15, -0.1) is 0 Å². The normalized spacial score (nSPS) is 18.5. The van der Waals surface area contributed by atoms with Gasteiger partial charge in [0, 0.05) is 32.7 Å². The molecule has 0 aromatic heterocycles. The first-order valence-electron chi connectivity index (χ1n) is 6.18. The smallest absolute Gasteiger partial charge is 0.0622 e. The van der Waals surface area contributed by atoms with Crippen LogP contribution in [0.25, 0.3) is 0 Å². The number of rotatable bonds is 7. The van der Waals surface area contributed by atoms with Crippen molar-refractivity contribution in [2.45, 2.75) is 38.2 Å². The second-order valence-electron chi connectivity index (χ2n) is 4.25. The number of likely N-dealkylation sites (tertiary alicyclic amines) is 1. The van der Waals surface area contributed by atoms with E-state index in [4.69, 9.17) is 15.1 Å². The van der Waals surface area contributed by atoms with E-state index in [1.165, 1.54) is 0 Å². The molecule has 1 aliphatic heterocycles. The monoisotopic (exact) mass is 226 g/mol. The Morgan fingerprint density at radius 1 is 1.31 bits per heavy atom. The molecule has 1 heterocycles. The summed E-state index contributed by atoms with van der Waals surface area (Å²) < 4.78 is 5.66. The van der Waals surface area contributed by atoms with Crippen LogP contribution >= 0.6 is 0 Å². The maximum atomic E-state index is 8.64. The first-order chi connectivity index (χ1) is 7.86. The van der Waals surface area contributed by atoms with Gasteiger partial charge in [0.25, 0.3) is 0 Å². The van der Waals surface area contributed by atoms with Crippen LogP contribution in [0.15, 0.2) is 0 Å². The van der Waals surface area contributed by atoms with Crippen LogP contribution in [0.4, 0.5) is 0 Å². The van der Waals surface area contributed by atoms with Crippen LogP contribution in [0.3, 0.4) is 0 Å². The Morgan fingerprint density at radius 2 is 2.06 bits per heavy atom. The Morgan fingerprint density at radius 3 is 2.69 bits per heavy atom. The molecule has 1 aliphatic rings. The summed E-state index contributed by atoms with van der Waals surface area (Å²) in [5, 5.41) is 17.1. The van der Waals surface area contributed by atoms with Crippen molar-refractivity contribution in [2.75, 3.05) is 32.8 Å². The Bertz CT molecular complexity index is 208. The number of nitriles is 1. The van der Waals surface area contributed by atoms with Gasteiger partial charge in [-0.1, -0.05) is 0 Å². The highest BCUT2D eigenvalue weighted by molar-refractivity contribution is 4.75. The summed E-state index contributed by atoms with van der Waals surface area (Å²) in [5.41, 5.74) is 0. The lowest BCUT2D eigenvalue weighted by molar-refractivity contribution is 0.00223. The van der Waals surface area contributed by atoms with Crippen LogP contribution in [0, 0.1) is 11.3 Å². The van der Waals surface area contributed by atoms with E-state index in [1.54, 1.807) is 0 Å². The van der Waals surface area contributed by atoms with Crippen LogP contribution in [0.5, 0.6) is 0 Å². The average molecular weight is 226 g/mol. The molecule has 1 saturated heterocycles. The van der Waals surface area contributed by atoms with Gasteiger partial charge in [0.2, 0.25) is 0 Å². The predicted octanol–water partition coefficient (Wildman–Crippen LogP) is 1.15. The van der Waals surface area contributed by atoms with Crippen molar-refractivity contribution in [2.24, 2.45) is 0 Å². The number of piperidine rings is 1. The summed E-state index contributed by atoms with van der Waals surface area (Å²) in [6.45, 7) is 4.09. The minimum Gasteiger partial charge on any atom is -0.396 e. The van der Waals surface area contributed by atoms with E-state index in [2.05, 4.69) is 11.0 Å². The van der Waals surface area contributed by atoms with Gasteiger partial charge in [-0.2, -0.15) is 5.26 Å². The summed E-state index contributed by atoms with van der Waals surface area (Å²) in [6, 6.07) is 2.18. The van der Waals surface area contributed by atoms with Gasteiger partial charge < -0.3 is 14.7 Å². The Balaban J connectivity index is 2.02. The van der Waals surface area contributed by atoms with Crippen molar-refractivity contribution in [1.29, 1.82) is 5.26 Å². The highest BCUT2D eigenvalue weighted by Gasteiger charge is 2.18. The minimum atomic E-state index is 0.215. The zero-order valence-electron chi connectivity index (χ0n) is 9.90. The van der Waals surface area contributed by atoms with Gasteiger partial charge in [0.05, 0.1) is 12.2 Å². The Kier molecular flexibility index (Phi) is 7.15. The van der Waals surface area contributed by atoms with Gasteiger partial charge >= 0.3 is 0 Å². The summed E-state index contributed by atoms with van der Waals surface area (Å²) in [4.78, 5) is 2.41. The largest absolute Gasteiger partial charge is 0.396 e. The molecule has 0 aromatic carbocycles. The number of ether oxygens (including phenoxy) is 1. The lowest BCUT2D eigenvalue weighted by atomic mass is 10.1. The number of hydrogen-bond donors (Lipinski definition) is 1. The van der Waals surface area contributed by atoms with Crippen LogP contribution < -0.4 is 0 Å². The molecule has 0 unspecified atom stereocenters. The van der Waals surface area contributed by atoms with Crippen LogP contribution in [-0.2, 0) is 4.74 Å². The number of hydrogen-bond acceptors (Lipinski definition) is 4. The summed E-state index contributed by atoms with van der Waals surface area (Å²) in [7, 11) is 0. The molecule has 4 nitrogen and oxygen atoms in total. The minimum absolute atomic E-state index is 0.215. The standard InChI is InChI=1S/C12H22N2O2/c13-6-1-2-7-14-8-4-12(5-9-14)16-11-3-10-15/h12,15H,1-5,7-11H2. The molecule has 16 heavy (non-hydrogen) atoms. The highest BCUT2D eigenvalue weighted by Crippen LogP contribution is 2.14. The van der Waals surface area contributed by atoms with E-state index in [0.29, 0.717) is 19.1 Å². The van der Waals surface area contributed by atoms with E-state index in [1.807, 2.05) is 0 Å². The molecule has 0 saturated carbocycles. The molecule has 1 fully saturated rings. The molecular weight excluding hydrogens is 204 g/mol. The van der Waals surface area contributed by atoms with Gasteiger partial charge in [0.1, 0.15) is 0 Å². The third-order valence-corrected chi connectivity index (χ3v) is 2.95. The van der Waals surface area contributed by atoms with Crippen molar-refractivity contribution in [3.8, 4) is 6.07 Å². The van der Waals surface area contributed by atoms with Crippen molar-refractivity contribution in [3.63, 3.8) is 0 Å². The Hall–Kier alpha value is -0.630. The number of unbranched alkanes of at least 4 members (excludes halogenated alkanes) is 1. The van der Waals surface area contributed by atoms with E-state index < -0.39 is 0 Å². The summed E-state index contributed by atoms with van der Waals surface area (Å²) in [5.74, 6) is 0. The molecule has 1 rings (SSSR count). The molecule has 4 heteroatoms. The third kappa shape index (κ3) is 5.45. The number of aliphatic hydroxyl groups excluding tert-OH is 1. The second kappa shape index (κ2) is 8.51. The van der Waals surface area contributed by atoms with Crippen molar-refractivity contribution < 1.29 is 9.84 Å². The maximum absolute atomic E-state index is 8.64. The lowest BCUT2D eigenvalue weighted by Crippen LogP contribution is -2.37. The number of nitrogens with zero attached hydrogens (tertiary/aromatic N) is 2. The predicted molar refractivity (Wildman–Crippen MR) is 62.0 cm³/mol. The fourth-order valence-electron chi connectivity index (χ4n) is 2.00. The van der Waals surface area contributed by atoms with Crippen LogP contribution in [-0.4, -0.2) is 49.0 Å². The van der Waals surface area contributed by atoms with E-state index in [0.717, 1.165) is 45.3 Å². The van der Waals surface area contributed by atoms with E-state index >= 15 is 0 Å². The second-order valence-corrected chi connectivity index (χ2v) is 4.25. The molecule has 0 aliphatic carbocycles. The summed E-state index contributed by atoms with van der Waals surface area (Å²) in [6.07, 6.45) is 4.91. The topological polar surface area (TPSA) is 56.5 Å². The molecule has 1 N–H and O–H groups in total. The third-order valence-electron chi connectivity index (χ3n) is 2.95. The van der Waals surface area contributed by atoms with Crippen molar-refractivity contribution >= 4 is 0 Å². The first kappa shape index (κ1) is 13.4. The number of aliphatic hydroxyl groups is 1. The molecule has 0 amide bonds. The van der Waals surface area contributed by atoms with Gasteiger partial charge in [-0.3, -0.25) is 0 Å². The van der Waals surface area contributed by atoms with E-state index in [9.17, 15) is 0 Å². The maximum Gasteiger partial charge on any atom is 0.0622 e. The fraction of sp³-hybridized carbons (Fsp3) is 0.917. The molecule has 92 valence electrons. The molecule has 0 aromatic rings. The average Bonchev–Trinajstić information content (AvgIpc) is 2.32. The zero-order valence-corrected chi connectivity index (χ0v) is 9.90. The van der Waals surface area contributed by atoms with Gasteiger partial charge in [-0.05, 0) is 32.2 Å². The van der Waals surface area contributed by atoms with Crippen molar-refractivity contribution in [1.82, 2.24) is 4.90 Å². The molecule has 0 atom stereocenters. The molecule has 0 bridgehead atoms. The molecular formula is C12H22N2O2. The lowest BCUT2D eigenvalue weighted by Gasteiger charge is -2.31. The SMILES string of the molecule is N#CCCCN1CCC(OCCCO)CC1.